The summed E-state index contributed by atoms with van der Waals surface area (Å²) in [7, 11) is 1.57. The fraction of sp³-hybridized carbons (Fsp3) is 0.154. The van der Waals surface area contributed by atoms with Crippen LogP contribution in [-0.2, 0) is 6.54 Å². The fourth-order valence-electron chi connectivity index (χ4n) is 1.49. The summed E-state index contributed by atoms with van der Waals surface area (Å²) >= 11 is 6.03. The normalized spacial score (nSPS) is 9.74. The van der Waals surface area contributed by atoms with Crippen molar-refractivity contribution in [3.8, 4) is 11.8 Å². The molecule has 0 aliphatic heterocycles. The van der Waals surface area contributed by atoms with Crippen molar-refractivity contribution in [2.24, 2.45) is 0 Å². The molecule has 0 unspecified atom stereocenters. The quantitative estimate of drug-likeness (QED) is 0.928. The van der Waals surface area contributed by atoms with Gasteiger partial charge in [-0.05, 0) is 17.7 Å². The van der Waals surface area contributed by atoms with E-state index in [0.717, 1.165) is 5.56 Å². The molecule has 5 nitrogen and oxygen atoms in total. The van der Waals surface area contributed by atoms with Gasteiger partial charge < -0.3 is 10.1 Å². The molecule has 0 radical (unpaired) electrons. The maximum Gasteiger partial charge on any atom is 0.158 e. The molecule has 1 N–H and O–H groups in total. The van der Waals surface area contributed by atoms with E-state index < -0.39 is 0 Å². The van der Waals surface area contributed by atoms with E-state index in [2.05, 4.69) is 15.3 Å². The number of rotatable bonds is 4. The number of anilines is 1. The smallest absolute Gasteiger partial charge is 0.158 e. The van der Waals surface area contributed by atoms with Crippen LogP contribution in [0.1, 0.15) is 11.3 Å². The van der Waals surface area contributed by atoms with Crippen LogP contribution in [0.3, 0.4) is 0 Å². The second-order valence-corrected chi connectivity index (χ2v) is 4.13. The van der Waals surface area contributed by atoms with Crippen LogP contribution < -0.4 is 10.1 Å². The van der Waals surface area contributed by atoms with Crippen molar-refractivity contribution in [2.45, 2.75) is 6.54 Å². The average molecular weight is 275 g/mol. The third-order valence-corrected chi connectivity index (χ3v) is 2.75. The van der Waals surface area contributed by atoms with Crippen LogP contribution in [0.15, 0.2) is 30.6 Å². The lowest BCUT2D eigenvalue weighted by Gasteiger charge is -2.07. The molecule has 96 valence electrons. The molecule has 0 spiro atoms. The van der Waals surface area contributed by atoms with E-state index in [1.165, 1.54) is 12.4 Å². The third kappa shape index (κ3) is 3.33. The summed E-state index contributed by atoms with van der Waals surface area (Å²) in [6.45, 7) is 0.560. The lowest BCUT2D eigenvalue weighted by Crippen LogP contribution is -2.02. The van der Waals surface area contributed by atoms with E-state index in [1.807, 2.05) is 24.3 Å². The molecule has 0 fully saturated rings. The minimum atomic E-state index is 0.290. The molecule has 6 heteroatoms. The van der Waals surface area contributed by atoms with Crippen LogP contribution in [0.2, 0.25) is 5.02 Å². The van der Waals surface area contributed by atoms with Crippen molar-refractivity contribution in [3.63, 3.8) is 0 Å². The molecule has 0 aliphatic carbocycles. The Morgan fingerprint density at radius 3 is 2.79 bits per heavy atom. The number of ether oxygens (including phenoxy) is 1. The van der Waals surface area contributed by atoms with Crippen molar-refractivity contribution < 1.29 is 4.74 Å². The van der Waals surface area contributed by atoms with E-state index in [0.29, 0.717) is 23.1 Å². The number of nitrogens with zero attached hydrogens (tertiary/aromatic N) is 3. The predicted octanol–water partition coefficient (Wildman–Crippen LogP) is 2.62. The standard InChI is InChI=1S/C13H11ClN4O/c1-19-12-3-2-9(4-11(12)14)6-17-13-8-16-10(5-15)7-18-13/h2-4,7-8H,6H2,1H3,(H,17,18). The highest BCUT2D eigenvalue weighted by molar-refractivity contribution is 6.32. The van der Waals surface area contributed by atoms with Gasteiger partial charge in [-0.25, -0.2) is 9.97 Å². The average Bonchev–Trinajstić information content (AvgIpc) is 2.46. The summed E-state index contributed by atoms with van der Waals surface area (Å²) < 4.78 is 5.08. The van der Waals surface area contributed by atoms with E-state index in [9.17, 15) is 0 Å². The molecule has 1 aromatic heterocycles. The molecule has 0 saturated carbocycles. The zero-order chi connectivity index (χ0) is 13.7. The Labute approximate surface area is 115 Å². The molecule has 19 heavy (non-hydrogen) atoms. The first kappa shape index (κ1) is 13.1. The second-order valence-electron chi connectivity index (χ2n) is 3.72. The molecule has 0 amide bonds. The molecule has 2 rings (SSSR count). The Morgan fingerprint density at radius 2 is 2.21 bits per heavy atom. The first-order valence-corrected chi connectivity index (χ1v) is 5.89. The Balaban J connectivity index is 2.02. The molecule has 1 heterocycles. The van der Waals surface area contributed by atoms with Gasteiger partial charge in [-0.2, -0.15) is 5.26 Å². The monoisotopic (exact) mass is 274 g/mol. The molecule has 0 saturated heterocycles. The maximum absolute atomic E-state index is 8.62. The number of hydrogen-bond donors (Lipinski definition) is 1. The lowest BCUT2D eigenvalue weighted by molar-refractivity contribution is 0.415. The molecule has 0 aliphatic rings. The first-order valence-electron chi connectivity index (χ1n) is 5.51. The van der Waals surface area contributed by atoms with Gasteiger partial charge in [-0.15, -0.1) is 0 Å². The van der Waals surface area contributed by atoms with Crippen molar-refractivity contribution in [1.29, 1.82) is 5.26 Å². The van der Waals surface area contributed by atoms with Crippen LogP contribution in [0.5, 0.6) is 5.75 Å². The number of nitriles is 1. The van der Waals surface area contributed by atoms with Crippen LogP contribution >= 0.6 is 11.6 Å². The summed E-state index contributed by atoms with van der Waals surface area (Å²) in [5.41, 5.74) is 1.29. The van der Waals surface area contributed by atoms with Crippen LogP contribution in [0.4, 0.5) is 5.82 Å². The number of aromatic nitrogens is 2. The summed E-state index contributed by atoms with van der Waals surface area (Å²) in [4.78, 5) is 7.99. The van der Waals surface area contributed by atoms with Gasteiger partial charge in [-0.3, -0.25) is 0 Å². The van der Waals surface area contributed by atoms with E-state index in [4.69, 9.17) is 21.6 Å². The predicted molar refractivity (Wildman–Crippen MR) is 72.1 cm³/mol. The Morgan fingerprint density at radius 1 is 1.37 bits per heavy atom. The van der Waals surface area contributed by atoms with Gasteiger partial charge in [0.25, 0.3) is 0 Å². The number of methoxy groups -OCH3 is 1. The lowest BCUT2D eigenvalue weighted by atomic mass is 10.2. The minimum absolute atomic E-state index is 0.290. The van der Waals surface area contributed by atoms with Gasteiger partial charge in [0, 0.05) is 6.54 Å². The summed E-state index contributed by atoms with van der Waals surface area (Å²) in [5.74, 6) is 1.24. The molecular formula is C13H11ClN4O. The molecule has 0 atom stereocenters. The van der Waals surface area contributed by atoms with E-state index in [1.54, 1.807) is 7.11 Å². The van der Waals surface area contributed by atoms with Crippen molar-refractivity contribution in [2.75, 3.05) is 12.4 Å². The Bertz CT molecular complexity index is 607. The fourth-order valence-corrected chi connectivity index (χ4v) is 1.77. The second kappa shape index (κ2) is 6.03. The number of benzene rings is 1. The van der Waals surface area contributed by atoms with Crippen LogP contribution in [-0.4, -0.2) is 17.1 Å². The van der Waals surface area contributed by atoms with Crippen LogP contribution in [0.25, 0.3) is 0 Å². The zero-order valence-electron chi connectivity index (χ0n) is 10.2. The highest BCUT2D eigenvalue weighted by atomic mass is 35.5. The molecule has 0 bridgehead atoms. The van der Waals surface area contributed by atoms with Crippen LogP contribution in [0, 0.1) is 11.3 Å². The Kier molecular flexibility index (Phi) is 4.16. The number of nitrogens with one attached hydrogen (secondary N) is 1. The summed E-state index contributed by atoms with van der Waals surface area (Å²) in [6, 6.07) is 7.46. The topological polar surface area (TPSA) is 70.8 Å². The van der Waals surface area contributed by atoms with Crippen molar-refractivity contribution in [3.05, 3.63) is 46.9 Å². The number of halogens is 1. The highest BCUT2D eigenvalue weighted by Crippen LogP contribution is 2.25. The van der Waals surface area contributed by atoms with Gasteiger partial charge >= 0.3 is 0 Å². The SMILES string of the molecule is COc1ccc(CNc2cnc(C#N)cn2)cc1Cl. The molecule has 1 aromatic carbocycles. The highest BCUT2D eigenvalue weighted by Gasteiger charge is 2.02. The van der Waals surface area contributed by atoms with Gasteiger partial charge in [0.1, 0.15) is 17.6 Å². The molecular weight excluding hydrogens is 264 g/mol. The van der Waals surface area contributed by atoms with Gasteiger partial charge in [-0.1, -0.05) is 17.7 Å². The zero-order valence-corrected chi connectivity index (χ0v) is 11.0. The van der Waals surface area contributed by atoms with E-state index in [-0.39, 0.29) is 5.69 Å². The summed E-state index contributed by atoms with van der Waals surface area (Å²) in [6.07, 6.45) is 2.94. The van der Waals surface area contributed by atoms with Gasteiger partial charge in [0.2, 0.25) is 0 Å². The largest absolute Gasteiger partial charge is 0.495 e. The maximum atomic E-state index is 8.62. The third-order valence-electron chi connectivity index (χ3n) is 2.46. The van der Waals surface area contributed by atoms with Gasteiger partial charge in [0.05, 0.1) is 24.5 Å². The van der Waals surface area contributed by atoms with Gasteiger partial charge in [0.15, 0.2) is 5.69 Å². The van der Waals surface area contributed by atoms with Crippen molar-refractivity contribution in [1.82, 2.24) is 9.97 Å². The van der Waals surface area contributed by atoms with Crippen molar-refractivity contribution >= 4 is 17.4 Å². The van der Waals surface area contributed by atoms with E-state index >= 15 is 0 Å². The minimum Gasteiger partial charge on any atom is -0.495 e. The summed E-state index contributed by atoms with van der Waals surface area (Å²) in [5, 5.41) is 12.3. The number of hydrogen-bond acceptors (Lipinski definition) is 5. The Hall–Kier alpha value is -2.32. The molecule has 2 aromatic rings. The first-order chi connectivity index (χ1) is 9.22.